The van der Waals surface area contributed by atoms with Gasteiger partial charge >= 0.3 is 0 Å². The van der Waals surface area contributed by atoms with E-state index >= 15 is 0 Å². The van der Waals surface area contributed by atoms with Gasteiger partial charge in [-0.1, -0.05) is 19.8 Å². The van der Waals surface area contributed by atoms with Crippen LogP contribution >= 0.6 is 0 Å². The van der Waals surface area contributed by atoms with Gasteiger partial charge in [0.2, 0.25) is 0 Å². The lowest BCUT2D eigenvalue weighted by molar-refractivity contribution is -0.139. The standard InChI is InChI=1S/C22H36N2O3/c1-5-14-22(4,27-6-2)21(25)23-19-10-12-20(13-11-19)26-17-16-24-15-8-7-9-18(24)3/h10-13,18H,5-9,14-17H2,1-4H3,(H,23,25)/t18-,22+/m0/s1. The van der Waals surface area contributed by atoms with E-state index in [4.69, 9.17) is 9.47 Å². The van der Waals surface area contributed by atoms with Crippen LogP contribution in [0.4, 0.5) is 5.69 Å². The number of piperidine rings is 1. The molecular weight excluding hydrogens is 340 g/mol. The minimum absolute atomic E-state index is 0.0982. The van der Waals surface area contributed by atoms with Crippen molar-refractivity contribution in [1.82, 2.24) is 4.90 Å². The van der Waals surface area contributed by atoms with Gasteiger partial charge in [-0.25, -0.2) is 0 Å². The molecule has 0 bridgehead atoms. The van der Waals surface area contributed by atoms with Gasteiger partial charge in [0.1, 0.15) is 18.0 Å². The smallest absolute Gasteiger partial charge is 0.256 e. The second kappa shape index (κ2) is 10.7. The molecule has 152 valence electrons. The Morgan fingerprint density at radius 3 is 2.63 bits per heavy atom. The molecule has 1 aliphatic heterocycles. The predicted molar refractivity (Wildman–Crippen MR) is 110 cm³/mol. The summed E-state index contributed by atoms with van der Waals surface area (Å²) in [6.07, 6.45) is 5.51. The number of amides is 1. The molecule has 1 saturated heterocycles. The Hall–Kier alpha value is -1.59. The van der Waals surface area contributed by atoms with Crippen LogP contribution in [0.1, 0.15) is 59.8 Å². The Labute approximate surface area is 164 Å². The van der Waals surface area contributed by atoms with Gasteiger partial charge in [0, 0.05) is 24.9 Å². The van der Waals surface area contributed by atoms with Crippen LogP contribution in [0.15, 0.2) is 24.3 Å². The van der Waals surface area contributed by atoms with Gasteiger partial charge in [-0.15, -0.1) is 0 Å². The van der Waals surface area contributed by atoms with Crippen molar-refractivity contribution in [2.45, 2.75) is 71.4 Å². The van der Waals surface area contributed by atoms with E-state index in [-0.39, 0.29) is 5.91 Å². The summed E-state index contributed by atoms with van der Waals surface area (Å²) in [5.74, 6) is 0.734. The molecule has 1 aromatic carbocycles. The summed E-state index contributed by atoms with van der Waals surface area (Å²) in [7, 11) is 0. The molecule has 0 aromatic heterocycles. The minimum atomic E-state index is -0.788. The Kier molecular flexibility index (Phi) is 8.58. The van der Waals surface area contributed by atoms with Gasteiger partial charge in [-0.2, -0.15) is 0 Å². The maximum absolute atomic E-state index is 12.6. The Bertz CT molecular complexity index is 567. The second-order valence-corrected chi connectivity index (χ2v) is 7.62. The summed E-state index contributed by atoms with van der Waals surface area (Å²) in [5, 5.41) is 2.97. The van der Waals surface area contributed by atoms with Crippen molar-refractivity contribution in [1.29, 1.82) is 0 Å². The first-order chi connectivity index (χ1) is 13.0. The van der Waals surface area contributed by atoms with E-state index in [2.05, 4.69) is 24.1 Å². The molecule has 1 fully saturated rings. The molecule has 5 heteroatoms. The summed E-state index contributed by atoms with van der Waals surface area (Å²) in [4.78, 5) is 15.1. The molecule has 2 atom stereocenters. The van der Waals surface area contributed by atoms with Crippen LogP contribution in [-0.2, 0) is 9.53 Å². The van der Waals surface area contributed by atoms with E-state index < -0.39 is 5.60 Å². The van der Waals surface area contributed by atoms with Crippen molar-refractivity contribution in [3.63, 3.8) is 0 Å². The van der Waals surface area contributed by atoms with Crippen LogP contribution in [0.2, 0.25) is 0 Å². The Balaban J connectivity index is 1.82. The third-order valence-corrected chi connectivity index (χ3v) is 5.37. The summed E-state index contributed by atoms with van der Waals surface area (Å²) in [6.45, 7) is 11.5. The number of benzene rings is 1. The number of likely N-dealkylation sites (tertiary alicyclic amines) is 1. The molecule has 0 unspecified atom stereocenters. The van der Waals surface area contributed by atoms with Crippen LogP contribution in [-0.4, -0.2) is 48.8 Å². The van der Waals surface area contributed by atoms with Gasteiger partial charge in [0.25, 0.3) is 5.91 Å². The quantitative estimate of drug-likeness (QED) is 0.654. The zero-order valence-corrected chi connectivity index (χ0v) is 17.4. The van der Waals surface area contributed by atoms with Gasteiger partial charge in [-0.05, 0) is 70.8 Å². The highest BCUT2D eigenvalue weighted by atomic mass is 16.5. The summed E-state index contributed by atoms with van der Waals surface area (Å²) in [5.41, 5.74) is -0.0249. The fourth-order valence-corrected chi connectivity index (χ4v) is 3.72. The molecule has 0 aliphatic carbocycles. The molecular formula is C22H36N2O3. The summed E-state index contributed by atoms with van der Waals surface area (Å²) < 4.78 is 11.6. The highest BCUT2D eigenvalue weighted by Crippen LogP contribution is 2.22. The zero-order valence-electron chi connectivity index (χ0n) is 17.4. The molecule has 1 amide bonds. The number of hydrogen-bond acceptors (Lipinski definition) is 4. The SMILES string of the molecule is CCC[C@@](C)(OCC)C(=O)Nc1ccc(OCCN2CCCC[C@@H]2C)cc1. The second-order valence-electron chi connectivity index (χ2n) is 7.62. The average molecular weight is 377 g/mol. The topological polar surface area (TPSA) is 50.8 Å². The van der Waals surface area contributed by atoms with Crippen LogP contribution in [0.25, 0.3) is 0 Å². The first kappa shape index (κ1) is 21.7. The van der Waals surface area contributed by atoms with Crippen molar-refractivity contribution in [3.8, 4) is 5.75 Å². The highest BCUT2D eigenvalue weighted by molar-refractivity contribution is 5.97. The normalized spacial score (nSPS) is 20.1. The summed E-state index contributed by atoms with van der Waals surface area (Å²) >= 11 is 0. The number of rotatable bonds is 10. The molecule has 1 heterocycles. The number of hydrogen-bond donors (Lipinski definition) is 1. The number of carbonyl (C=O) groups is 1. The van der Waals surface area contributed by atoms with Crippen molar-refractivity contribution >= 4 is 11.6 Å². The van der Waals surface area contributed by atoms with Crippen molar-refractivity contribution in [3.05, 3.63) is 24.3 Å². The molecule has 1 aliphatic rings. The largest absolute Gasteiger partial charge is 0.492 e. The first-order valence-electron chi connectivity index (χ1n) is 10.4. The first-order valence-corrected chi connectivity index (χ1v) is 10.4. The number of nitrogens with zero attached hydrogens (tertiary/aromatic N) is 1. The Morgan fingerprint density at radius 2 is 2.00 bits per heavy atom. The zero-order chi connectivity index (χ0) is 19.7. The molecule has 1 N–H and O–H groups in total. The molecule has 27 heavy (non-hydrogen) atoms. The fraction of sp³-hybridized carbons (Fsp3) is 0.682. The molecule has 1 aromatic rings. The molecule has 5 nitrogen and oxygen atoms in total. The van der Waals surface area contributed by atoms with Crippen LogP contribution in [0.5, 0.6) is 5.75 Å². The predicted octanol–water partition coefficient (Wildman–Crippen LogP) is 4.47. The fourth-order valence-electron chi connectivity index (χ4n) is 3.72. The van der Waals surface area contributed by atoms with E-state index in [9.17, 15) is 4.79 Å². The van der Waals surface area contributed by atoms with Gasteiger partial charge < -0.3 is 14.8 Å². The van der Waals surface area contributed by atoms with Crippen molar-refractivity contribution in [2.24, 2.45) is 0 Å². The van der Waals surface area contributed by atoms with Crippen LogP contribution in [0.3, 0.4) is 0 Å². The monoisotopic (exact) mass is 376 g/mol. The van der Waals surface area contributed by atoms with Gasteiger partial charge in [0.05, 0.1) is 0 Å². The van der Waals surface area contributed by atoms with Crippen molar-refractivity contribution < 1.29 is 14.3 Å². The third-order valence-electron chi connectivity index (χ3n) is 5.37. The van der Waals surface area contributed by atoms with Gasteiger partial charge in [-0.3, -0.25) is 9.69 Å². The summed E-state index contributed by atoms with van der Waals surface area (Å²) in [6, 6.07) is 8.24. The van der Waals surface area contributed by atoms with E-state index in [0.717, 1.165) is 24.4 Å². The molecule has 0 radical (unpaired) electrons. The van der Waals surface area contributed by atoms with Gasteiger partial charge in [0.15, 0.2) is 0 Å². The molecule has 2 rings (SSSR count). The van der Waals surface area contributed by atoms with E-state index in [1.54, 1.807) is 0 Å². The van der Waals surface area contributed by atoms with Crippen molar-refractivity contribution in [2.75, 3.05) is 31.6 Å². The molecule has 0 saturated carbocycles. The van der Waals surface area contributed by atoms with Crippen LogP contribution < -0.4 is 10.1 Å². The number of nitrogens with one attached hydrogen (secondary N) is 1. The highest BCUT2D eigenvalue weighted by Gasteiger charge is 2.32. The molecule has 0 spiro atoms. The maximum atomic E-state index is 12.6. The third kappa shape index (κ3) is 6.51. The average Bonchev–Trinajstić information content (AvgIpc) is 2.65. The van der Waals surface area contributed by atoms with E-state index in [1.807, 2.05) is 38.1 Å². The number of anilines is 1. The lowest BCUT2D eigenvalue weighted by Crippen LogP contribution is -2.42. The minimum Gasteiger partial charge on any atom is -0.492 e. The number of carbonyl (C=O) groups excluding carboxylic acids is 1. The lowest BCUT2D eigenvalue weighted by atomic mass is 9.99. The van der Waals surface area contributed by atoms with Crippen LogP contribution in [0, 0.1) is 0 Å². The maximum Gasteiger partial charge on any atom is 0.256 e. The number of ether oxygens (including phenoxy) is 2. The van der Waals surface area contributed by atoms with E-state index in [1.165, 1.54) is 25.8 Å². The Morgan fingerprint density at radius 1 is 1.26 bits per heavy atom. The lowest BCUT2D eigenvalue weighted by Gasteiger charge is -2.33. The van der Waals surface area contributed by atoms with E-state index in [0.29, 0.717) is 25.7 Å².